The number of nitrogens with zero attached hydrogens (tertiary/aromatic N) is 2. The lowest BCUT2D eigenvalue weighted by molar-refractivity contribution is -0.120. The van der Waals surface area contributed by atoms with Gasteiger partial charge in [0.05, 0.1) is 38.5 Å². The Kier molecular flexibility index (Phi) is 6.47. The molecule has 7 nitrogen and oxygen atoms in total. The molecule has 27 heavy (non-hydrogen) atoms. The van der Waals surface area contributed by atoms with Crippen LogP contribution in [0.25, 0.3) is 0 Å². The number of carbonyl (C=O) groups is 1. The molecular formula is C20H27N3O4. The number of aryl methyl sites for hydroxylation is 2. The fourth-order valence-electron chi connectivity index (χ4n) is 3.36. The van der Waals surface area contributed by atoms with E-state index < -0.39 is 0 Å². The van der Waals surface area contributed by atoms with Crippen LogP contribution in [0, 0.1) is 13.8 Å². The number of morpholine rings is 1. The average Bonchev–Trinajstić information content (AvgIpc) is 3.01. The van der Waals surface area contributed by atoms with E-state index in [4.69, 9.17) is 14.0 Å². The maximum atomic E-state index is 12.5. The summed E-state index contributed by atoms with van der Waals surface area (Å²) in [4.78, 5) is 14.8. The molecule has 1 fully saturated rings. The molecule has 2 heterocycles. The summed E-state index contributed by atoms with van der Waals surface area (Å²) < 4.78 is 15.9. The van der Waals surface area contributed by atoms with Crippen molar-refractivity contribution >= 4 is 5.91 Å². The minimum atomic E-state index is -0.0313. The summed E-state index contributed by atoms with van der Waals surface area (Å²) in [6.07, 6.45) is 0.277. The van der Waals surface area contributed by atoms with Crippen molar-refractivity contribution in [3.05, 3.63) is 46.8 Å². The summed E-state index contributed by atoms with van der Waals surface area (Å²) >= 11 is 0. The Labute approximate surface area is 159 Å². The number of methoxy groups -OCH3 is 1. The zero-order chi connectivity index (χ0) is 19.2. The zero-order valence-corrected chi connectivity index (χ0v) is 16.2. The summed E-state index contributed by atoms with van der Waals surface area (Å²) in [6, 6.07) is 8.11. The average molecular weight is 373 g/mol. The highest BCUT2D eigenvalue weighted by molar-refractivity contribution is 5.79. The minimum Gasteiger partial charge on any atom is -0.497 e. The van der Waals surface area contributed by atoms with Crippen molar-refractivity contribution in [3.63, 3.8) is 0 Å². The van der Waals surface area contributed by atoms with Gasteiger partial charge in [-0.15, -0.1) is 0 Å². The number of ether oxygens (including phenoxy) is 2. The highest BCUT2D eigenvalue weighted by Crippen LogP contribution is 2.24. The Balaban J connectivity index is 1.67. The van der Waals surface area contributed by atoms with Crippen molar-refractivity contribution < 1.29 is 18.8 Å². The van der Waals surface area contributed by atoms with Gasteiger partial charge < -0.3 is 19.3 Å². The maximum absolute atomic E-state index is 12.5. The summed E-state index contributed by atoms with van der Waals surface area (Å²) in [5.41, 5.74) is 2.78. The van der Waals surface area contributed by atoms with E-state index in [9.17, 15) is 4.79 Å². The first-order chi connectivity index (χ1) is 13.1. The molecule has 0 saturated carbocycles. The third-order valence-corrected chi connectivity index (χ3v) is 5.00. The van der Waals surface area contributed by atoms with E-state index in [0.29, 0.717) is 25.5 Å². The first kappa shape index (κ1) is 19.4. The third-order valence-electron chi connectivity index (χ3n) is 5.00. The largest absolute Gasteiger partial charge is 0.497 e. The Morgan fingerprint density at radius 3 is 2.56 bits per heavy atom. The molecule has 0 radical (unpaired) electrons. The van der Waals surface area contributed by atoms with Crippen LogP contribution in [0.4, 0.5) is 0 Å². The van der Waals surface area contributed by atoms with Gasteiger partial charge in [-0.25, -0.2) is 0 Å². The van der Waals surface area contributed by atoms with Crippen LogP contribution in [0.3, 0.4) is 0 Å². The highest BCUT2D eigenvalue weighted by Gasteiger charge is 2.23. The van der Waals surface area contributed by atoms with E-state index in [0.717, 1.165) is 35.7 Å². The summed E-state index contributed by atoms with van der Waals surface area (Å²) in [5, 5.41) is 6.99. The number of aromatic nitrogens is 1. The molecule has 0 aliphatic carbocycles. The highest BCUT2D eigenvalue weighted by atomic mass is 16.5. The Morgan fingerprint density at radius 2 is 1.96 bits per heavy atom. The van der Waals surface area contributed by atoms with E-state index >= 15 is 0 Å². The molecule has 1 N–H and O–H groups in total. The van der Waals surface area contributed by atoms with Gasteiger partial charge in [-0.2, -0.15) is 0 Å². The van der Waals surface area contributed by atoms with Crippen LogP contribution >= 0.6 is 0 Å². The number of hydrogen-bond acceptors (Lipinski definition) is 6. The first-order valence-corrected chi connectivity index (χ1v) is 9.22. The van der Waals surface area contributed by atoms with Gasteiger partial charge in [0.1, 0.15) is 11.5 Å². The van der Waals surface area contributed by atoms with Crippen LogP contribution < -0.4 is 10.1 Å². The molecule has 7 heteroatoms. The van der Waals surface area contributed by atoms with Gasteiger partial charge in [0, 0.05) is 25.2 Å². The van der Waals surface area contributed by atoms with Crippen LogP contribution in [0.2, 0.25) is 0 Å². The lowest BCUT2D eigenvalue weighted by Gasteiger charge is -2.35. The first-order valence-electron chi connectivity index (χ1n) is 9.22. The molecule has 1 saturated heterocycles. The maximum Gasteiger partial charge on any atom is 0.224 e. The molecule has 3 rings (SSSR count). The lowest BCUT2D eigenvalue weighted by atomic mass is 10.0. The molecule has 1 aliphatic heterocycles. The number of amides is 1. The van der Waals surface area contributed by atoms with Crippen LogP contribution in [0.1, 0.15) is 28.6 Å². The van der Waals surface area contributed by atoms with Gasteiger partial charge in [0.15, 0.2) is 0 Å². The van der Waals surface area contributed by atoms with Crippen LogP contribution in [-0.4, -0.2) is 55.9 Å². The topological polar surface area (TPSA) is 76.8 Å². The van der Waals surface area contributed by atoms with Gasteiger partial charge >= 0.3 is 0 Å². The van der Waals surface area contributed by atoms with Crippen LogP contribution in [0.5, 0.6) is 5.75 Å². The van der Waals surface area contributed by atoms with Crippen molar-refractivity contribution in [2.45, 2.75) is 26.3 Å². The molecule has 0 spiro atoms. The summed E-state index contributed by atoms with van der Waals surface area (Å²) in [6.45, 7) is 7.32. The minimum absolute atomic E-state index is 0.0313. The normalized spacial score (nSPS) is 16.1. The molecule has 0 unspecified atom stereocenters. The van der Waals surface area contributed by atoms with E-state index in [1.807, 2.05) is 26.0 Å². The quantitative estimate of drug-likeness (QED) is 0.800. The van der Waals surface area contributed by atoms with Crippen molar-refractivity contribution in [1.29, 1.82) is 0 Å². The molecule has 146 valence electrons. The zero-order valence-electron chi connectivity index (χ0n) is 16.2. The van der Waals surface area contributed by atoms with Gasteiger partial charge in [0.25, 0.3) is 0 Å². The number of nitrogens with one attached hydrogen (secondary N) is 1. The summed E-state index contributed by atoms with van der Waals surface area (Å²) in [7, 11) is 1.66. The Morgan fingerprint density at radius 1 is 1.26 bits per heavy atom. The van der Waals surface area contributed by atoms with Crippen molar-refractivity contribution in [2.24, 2.45) is 0 Å². The number of benzene rings is 1. The van der Waals surface area contributed by atoms with E-state index in [1.165, 1.54) is 0 Å². The number of carbonyl (C=O) groups excluding carboxylic acids is 1. The van der Waals surface area contributed by atoms with Crippen molar-refractivity contribution in [3.8, 4) is 5.75 Å². The van der Waals surface area contributed by atoms with E-state index in [-0.39, 0.29) is 18.4 Å². The summed E-state index contributed by atoms with van der Waals surface area (Å²) in [5.74, 6) is 1.49. The second-order valence-electron chi connectivity index (χ2n) is 6.72. The van der Waals surface area contributed by atoms with Gasteiger partial charge in [-0.3, -0.25) is 9.69 Å². The molecule has 1 aromatic carbocycles. The molecular weight excluding hydrogens is 346 g/mol. The molecule has 1 aliphatic rings. The second kappa shape index (κ2) is 9.01. The molecule has 0 bridgehead atoms. The second-order valence-corrected chi connectivity index (χ2v) is 6.72. The fraction of sp³-hybridized carbons (Fsp3) is 0.500. The predicted molar refractivity (Wildman–Crippen MR) is 101 cm³/mol. The molecule has 2 aromatic rings. The van der Waals surface area contributed by atoms with E-state index in [2.05, 4.69) is 27.5 Å². The van der Waals surface area contributed by atoms with Crippen molar-refractivity contribution in [2.75, 3.05) is 40.0 Å². The standard InChI is InChI=1S/C20H27N3O4/c1-14-18(15(2)27-22-14)12-20(24)21-13-19(23-8-10-26-11-9-23)16-4-6-17(25-3)7-5-16/h4-7,19H,8-13H2,1-3H3,(H,21,24)/t19-/m1/s1. The molecule has 1 aromatic heterocycles. The molecule has 1 atom stereocenters. The Hall–Kier alpha value is -2.38. The monoisotopic (exact) mass is 373 g/mol. The molecule has 1 amide bonds. The van der Waals surface area contributed by atoms with Crippen LogP contribution in [0.15, 0.2) is 28.8 Å². The number of hydrogen-bond donors (Lipinski definition) is 1. The lowest BCUT2D eigenvalue weighted by Crippen LogP contribution is -2.44. The smallest absolute Gasteiger partial charge is 0.224 e. The van der Waals surface area contributed by atoms with Gasteiger partial charge in [-0.05, 0) is 31.5 Å². The van der Waals surface area contributed by atoms with Crippen molar-refractivity contribution in [1.82, 2.24) is 15.4 Å². The van der Waals surface area contributed by atoms with Gasteiger partial charge in [-0.1, -0.05) is 17.3 Å². The third kappa shape index (κ3) is 4.87. The van der Waals surface area contributed by atoms with E-state index in [1.54, 1.807) is 7.11 Å². The Bertz CT molecular complexity index is 732. The van der Waals surface area contributed by atoms with Gasteiger partial charge in [0.2, 0.25) is 5.91 Å². The van der Waals surface area contributed by atoms with Crippen LogP contribution in [-0.2, 0) is 16.0 Å². The number of rotatable bonds is 7. The fourth-order valence-corrected chi connectivity index (χ4v) is 3.36. The SMILES string of the molecule is COc1ccc([C@@H](CNC(=O)Cc2c(C)noc2C)N2CCOCC2)cc1. The predicted octanol–water partition coefficient (Wildman–Crippen LogP) is 2.03.